The second-order valence-corrected chi connectivity index (χ2v) is 4.56. The van der Waals surface area contributed by atoms with Crippen molar-refractivity contribution in [2.45, 2.75) is 38.1 Å². The van der Waals surface area contributed by atoms with Crippen molar-refractivity contribution < 1.29 is 0 Å². The van der Waals surface area contributed by atoms with E-state index in [1.165, 1.54) is 37.2 Å². The zero-order valence-corrected chi connectivity index (χ0v) is 7.54. The molecule has 1 fully saturated rings. The van der Waals surface area contributed by atoms with Gasteiger partial charge in [-0.2, -0.15) is 11.8 Å². The Hall–Kier alpha value is 0.310. The number of hydrogen-bond donors (Lipinski definition) is 1. The van der Waals surface area contributed by atoms with Crippen molar-refractivity contribution in [2.24, 2.45) is 5.73 Å². The van der Waals surface area contributed by atoms with Crippen molar-refractivity contribution in [3.63, 3.8) is 0 Å². The molecule has 0 aromatic carbocycles. The minimum absolute atomic E-state index is 0.286. The highest BCUT2D eigenvalue weighted by atomic mass is 32.2. The largest absolute Gasteiger partial charge is 0.325 e. The van der Waals surface area contributed by atoms with E-state index in [1.807, 2.05) is 11.8 Å². The molecule has 10 heavy (non-hydrogen) atoms. The van der Waals surface area contributed by atoms with Crippen molar-refractivity contribution in [3.05, 3.63) is 0 Å². The first-order chi connectivity index (χ1) is 4.77. The molecule has 1 aliphatic rings. The molecule has 1 saturated carbocycles. The van der Waals surface area contributed by atoms with Crippen molar-refractivity contribution in [1.82, 2.24) is 0 Å². The molecule has 0 aromatic heterocycles. The average Bonchev–Trinajstić information content (AvgIpc) is 2.62. The normalized spacial score (nSPS) is 21.0. The molecule has 1 nitrogen and oxygen atoms in total. The number of hydrogen-bond acceptors (Lipinski definition) is 2. The number of nitrogens with two attached hydrogens (primary N) is 1. The zero-order valence-electron chi connectivity index (χ0n) is 6.73. The van der Waals surface area contributed by atoms with Crippen molar-refractivity contribution in [2.75, 3.05) is 11.5 Å². The van der Waals surface area contributed by atoms with Gasteiger partial charge >= 0.3 is 0 Å². The molecule has 0 saturated heterocycles. The molecule has 0 amide bonds. The maximum atomic E-state index is 5.92. The van der Waals surface area contributed by atoms with E-state index in [0.29, 0.717) is 0 Å². The van der Waals surface area contributed by atoms with Gasteiger partial charge in [0.2, 0.25) is 0 Å². The van der Waals surface area contributed by atoms with Crippen LogP contribution < -0.4 is 5.73 Å². The fourth-order valence-corrected chi connectivity index (χ4v) is 1.72. The summed E-state index contributed by atoms with van der Waals surface area (Å²) in [6.45, 7) is 2.21. The molecule has 0 aromatic rings. The maximum Gasteiger partial charge on any atom is 0.0156 e. The zero-order chi connectivity index (χ0) is 7.45. The lowest BCUT2D eigenvalue weighted by atomic mass is 10.1. The number of thioether (sulfide) groups is 1. The molecule has 0 aliphatic heterocycles. The summed E-state index contributed by atoms with van der Waals surface area (Å²) < 4.78 is 0. The predicted octanol–water partition coefficient (Wildman–Crippen LogP) is 2.01. The van der Waals surface area contributed by atoms with Gasteiger partial charge in [-0.25, -0.2) is 0 Å². The molecule has 0 heterocycles. The number of rotatable bonds is 5. The van der Waals surface area contributed by atoms with Crippen LogP contribution in [0.5, 0.6) is 0 Å². The van der Waals surface area contributed by atoms with E-state index in [4.69, 9.17) is 5.73 Å². The van der Waals surface area contributed by atoms with Crippen LogP contribution in [-0.2, 0) is 0 Å². The third-order valence-corrected chi connectivity index (χ3v) is 3.05. The Morgan fingerprint density at radius 1 is 1.50 bits per heavy atom. The van der Waals surface area contributed by atoms with Crippen LogP contribution in [-0.4, -0.2) is 17.0 Å². The van der Waals surface area contributed by atoms with Crippen LogP contribution >= 0.6 is 11.8 Å². The van der Waals surface area contributed by atoms with Gasteiger partial charge in [0, 0.05) is 5.54 Å². The van der Waals surface area contributed by atoms with Gasteiger partial charge < -0.3 is 5.73 Å². The van der Waals surface area contributed by atoms with Gasteiger partial charge in [-0.15, -0.1) is 0 Å². The van der Waals surface area contributed by atoms with Crippen LogP contribution in [0, 0.1) is 0 Å². The molecular weight excluding hydrogens is 142 g/mol. The standard InChI is InChI=1S/C8H17NS/c1-2-10-7-3-4-8(9)5-6-8/h2-7,9H2,1H3. The molecule has 2 N–H and O–H groups in total. The lowest BCUT2D eigenvalue weighted by molar-refractivity contribution is 0.601. The van der Waals surface area contributed by atoms with Gasteiger partial charge in [-0.3, -0.25) is 0 Å². The van der Waals surface area contributed by atoms with E-state index in [0.717, 1.165) is 0 Å². The van der Waals surface area contributed by atoms with E-state index in [2.05, 4.69) is 6.92 Å². The third kappa shape index (κ3) is 2.93. The van der Waals surface area contributed by atoms with Crippen molar-refractivity contribution >= 4 is 11.8 Å². The van der Waals surface area contributed by atoms with E-state index in [9.17, 15) is 0 Å². The quantitative estimate of drug-likeness (QED) is 0.621. The Kier molecular flexibility index (Phi) is 3.05. The Morgan fingerprint density at radius 2 is 2.20 bits per heavy atom. The molecule has 0 spiro atoms. The maximum absolute atomic E-state index is 5.92. The second kappa shape index (κ2) is 3.63. The monoisotopic (exact) mass is 159 g/mol. The lowest BCUT2D eigenvalue weighted by Gasteiger charge is -2.06. The smallest absolute Gasteiger partial charge is 0.0156 e. The minimum atomic E-state index is 0.286. The highest BCUT2D eigenvalue weighted by Crippen LogP contribution is 2.36. The minimum Gasteiger partial charge on any atom is -0.325 e. The summed E-state index contributed by atoms with van der Waals surface area (Å²) in [7, 11) is 0. The Balaban J connectivity index is 1.86. The first-order valence-corrected chi connectivity index (χ1v) is 5.29. The highest BCUT2D eigenvalue weighted by Gasteiger charge is 2.36. The Labute approximate surface area is 67.8 Å². The summed E-state index contributed by atoms with van der Waals surface area (Å²) in [4.78, 5) is 0. The van der Waals surface area contributed by atoms with Gasteiger partial charge in [0.1, 0.15) is 0 Å². The van der Waals surface area contributed by atoms with E-state index in [-0.39, 0.29) is 5.54 Å². The highest BCUT2D eigenvalue weighted by molar-refractivity contribution is 7.99. The summed E-state index contributed by atoms with van der Waals surface area (Å²) in [6.07, 6.45) is 5.10. The first-order valence-electron chi connectivity index (χ1n) is 4.13. The summed E-state index contributed by atoms with van der Waals surface area (Å²) in [5, 5.41) is 0. The van der Waals surface area contributed by atoms with Crippen LogP contribution in [0.15, 0.2) is 0 Å². The molecule has 1 aliphatic carbocycles. The predicted molar refractivity (Wildman–Crippen MR) is 48.4 cm³/mol. The summed E-state index contributed by atoms with van der Waals surface area (Å²) in [6, 6.07) is 0. The molecule has 0 bridgehead atoms. The third-order valence-electron chi connectivity index (χ3n) is 2.06. The van der Waals surface area contributed by atoms with Crippen LogP contribution in [0.25, 0.3) is 0 Å². The summed E-state index contributed by atoms with van der Waals surface area (Å²) in [5.41, 5.74) is 6.21. The van der Waals surface area contributed by atoms with Gasteiger partial charge in [-0.1, -0.05) is 6.92 Å². The van der Waals surface area contributed by atoms with E-state index >= 15 is 0 Å². The molecule has 1 rings (SSSR count). The van der Waals surface area contributed by atoms with E-state index in [1.54, 1.807) is 0 Å². The Bertz CT molecular complexity index is 99.4. The molecule has 60 valence electrons. The molecule has 2 heteroatoms. The van der Waals surface area contributed by atoms with Crippen LogP contribution in [0.1, 0.15) is 32.6 Å². The molecule has 0 radical (unpaired) electrons. The van der Waals surface area contributed by atoms with Gasteiger partial charge in [-0.05, 0) is 37.2 Å². The van der Waals surface area contributed by atoms with Crippen molar-refractivity contribution in [3.8, 4) is 0 Å². The topological polar surface area (TPSA) is 26.0 Å². The van der Waals surface area contributed by atoms with E-state index < -0.39 is 0 Å². The second-order valence-electron chi connectivity index (χ2n) is 3.16. The van der Waals surface area contributed by atoms with Crippen molar-refractivity contribution in [1.29, 1.82) is 0 Å². The summed E-state index contributed by atoms with van der Waals surface area (Å²) in [5.74, 6) is 2.55. The summed E-state index contributed by atoms with van der Waals surface area (Å²) >= 11 is 2.02. The van der Waals surface area contributed by atoms with Gasteiger partial charge in [0.25, 0.3) is 0 Å². The first kappa shape index (κ1) is 8.41. The average molecular weight is 159 g/mol. The van der Waals surface area contributed by atoms with Crippen LogP contribution in [0.4, 0.5) is 0 Å². The fraction of sp³-hybridized carbons (Fsp3) is 1.00. The fourth-order valence-electron chi connectivity index (χ4n) is 1.08. The van der Waals surface area contributed by atoms with Crippen LogP contribution in [0.2, 0.25) is 0 Å². The molecule has 0 atom stereocenters. The lowest BCUT2D eigenvalue weighted by Crippen LogP contribution is -2.21. The Morgan fingerprint density at radius 3 is 2.70 bits per heavy atom. The van der Waals surface area contributed by atoms with Gasteiger partial charge in [0.05, 0.1) is 0 Å². The molecular formula is C8H17NS. The van der Waals surface area contributed by atoms with Crippen LogP contribution in [0.3, 0.4) is 0 Å². The SMILES string of the molecule is CCSCCCC1(N)CC1. The van der Waals surface area contributed by atoms with Gasteiger partial charge in [0.15, 0.2) is 0 Å². The molecule has 0 unspecified atom stereocenters.